The zero-order valence-electron chi connectivity index (χ0n) is 14.5. The second kappa shape index (κ2) is 6.73. The first-order valence-electron chi connectivity index (χ1n) is 7.76. The molecule has 130 valence electrons. The van der Waals surface area contributed by atoms with E-state index >= 15 is 0 Å². The summed E-state index contributed by atoms with van der Waals surface area (Å²) < 4.78 is 0. The third kappa shape index (κ3) is 3.59. The molecule has 25 heavy (non-hydrogen) atoms. The first kappa shape index (κ1) is 17.2. The molecule has 2 N–H and O–H groups in total. The molecule has 0 aliphatic carbocycles. The van der Waals surface area contributed by atoms with Crippen LogP contribution in [0.1, 0.15) is 26.6 Å². The van der Waals surface area contributed by atoms with Crippen molar-refractivity contribution >= 4 is 33.3 Å². The highest BCUT2D eigenvalue weighted by Gasteiger charge is 2.19. The lowest BCUT2D eigenvalue weighted by molar-refractivity contribution is 0.102. The Kier molecular flexibility index (Phi) is 4.65. The zero-order valence-corrected chi connectivity index (χ0v) is 15.3. The van der Waals surface area contributed by atoms with E-state index in [1.54, 1.807) is 19.2 Å². The summed E-state index contributed by atoms with van der Waals surface area (Å²) in [4.78, 5) is 39.4. The summed E-state index contributed by atoms with van der Waals surface area (Å²) in [6.45, 7) is 4.22. The highest BCUT2D eigenvalue weighted by molar-refractivity contribution is 7.20. The molecule has 0 unspecified atom stereocenters. The van der Waals surface area contributed by atoms with Crippen LogP contribution in [0.25, 0.3) is 10.2 Å². The Morgan fingerprint density at radius 3 is 2.80 bits per heavy atom. The molecule has 0 aliphatic rings. The van der Waals surface area contributed by atoms with Crippen LogP contribution in [-0.2, 0) is 6.54 Å². The standard InChI is InChI=1S/C17H19N5O2S/c1-9-5-6-18-11(7-9)19-16(24)14-10(2)13-15(23)20-12(8-22(3)4)21-17(13)25-14/h5-7H,8H2,1-4H3,(H,18,19,24)(H,20,21,23). The number of amides is 1. The van der Waals surface area contributed by atoms with E-state index < -0.39 is 0 Å². The van der Waals surface area contributed by atoms with Crippen LogP contribution in [0, 0.1) is 13.8 Å². The van der Waals surface area contributed by atoms with Crippen LogP contribution in [0.3, 0.4) is 0 Å². The molecule has 3 aromatic rings. The number of anilines is 1. The molecule has 0 atom stereocenters. The molecule has 0 fully saturated rings. The van der Waals surface area contributed by atoms with Crippen molar-refractivity contribution in [1.82, 2.24) is 19.9 Å². The molecular formula is C17H19N5O2S. The van der Waals surface area contributed by atoms with Gasteiger partial charge in [-0.1, -0.05) is 0 Å². The summed E-state index contributed by atoms with van der Waals surface area (Å²) in [6, 6.07) is 3.65. The Labute approximate surface area is 148 Å². The molecule has 0 spiro atoms. The Hall–Kier alpha value is -2.58. The summed E-state index contributed by atoms with van der Waals surface area (Å²) in [5.74, 6) is 0.778. The van der Waals surface area contributed by atoms with Crippen molar-refractivity contribution in [2.45, 2.75) is 20.4 Å². The molecule has 0 saturated heterocycles. The number of carbonyl (C=O) groups is 1. The van der Waals surface area contributed by atoms with Gasteiger partial charge in [-0.2, -0.15) is 0 Å². The molecule has 3 aromatic heterocycles. The van der Waals surface area contributed by atoms with Gasteiger partial charge < -0.3 is 15.2 Å². The van der Waals surface area contributed by atoms with E-state index in [1.807, 2.05) is 32.0 Å². The quantitative estimate of drug-likeness (QED) is 0.748. The molecule has 3 rings (SSSR count). The maximum atomic E-state index is 12.6. The van der Waals surface area contributed by atoms with Gasteiger partial charge in [-0.05, 0) is 51.2 Å². The predicted octanol–water partition coefficient (Wildman–Crippen LogP) is 2.31. The smallest absolute Gasteiger partial charge is 0.267 e. The van der Waals surface area contributed by atoms with E-state index in [2.05, 4.69) is 20.3 Å². The van der Waals surface area contributed by atoms with Crippen LogP contribution in [0.4, 0.5) is 5.82 Å². The number of hydrogen-bond donors (Lipinski definition) is 2. The third-order valence-electron chi connectivity index (χ3n) is 3.68. The number of aromatic nitrogens is 3. The Balaban J connectivity index is 1.99. The topological polar surface area (TPSA) is 91.0 Å². The summed E-state index contributed by atoms with van der Waals surface area (Å²) >= 11 is 1.22. The van der Waals surface area contributed by atoms with E-state index in [-0.39, 0.29) is 11.5 Å². The number of carbonyl (C=O) groups excluding carboxylic acids is 1. The second-order valence-electron chi connectivity index (χ2n) is 6.16. The van der Waals surface area contributed by atoms with Crippen molar-refractivity contribution in [3.05, 3.63) is 50.5 Å². The van der Waals surface area contributed by atoms with Crippen LogP contribution in [0.5, 0.6) is 0 Å². The average molecular weight is 357 g/mol. The maximum Gasteiger partial charge on any atom is 0.267 e. The van der Waals surface area contributed by atoms with E-state index in [0.717, 1.165) is 5.56 Å². The number of fused-ring (bicyclic) bond motifs is 1. The Morgan fingerprint density at radius 1 is 1.36 bits per heavy atom. The minimum absolute atomic E-state index is 0.219. The lowest BCUT2D eigenvalue weighted by Gasteiger charge is -2.07. The van der Waals surface area contributed by atoms with Crippen molar-refractivity contribution in [3.63, 3.8) is 0 Å². The van der Waals surface area contributed by atoms with Crippen LogP contribution in [0.2, 0.25) is 0 Å². The van der Waals surface area contributed by atoms with Gasteiger partial charge in [-0.15, -0.1) is 11.3 Å². The van der Waals surface area contributed by atoms with E-state index in [0.29, 0.717) is 38.8 Å². The van der Waals surface area contributed by atoms with Gasteiger partial charge in [-0.25, -0.2) is 9.97 Å². The number of pyridine rings is 1. The van der Waals surface area contributed by atoms with Crippen molar-refractivity contribution in [1.29, 1.82) is 0 Å². The summed E-state index contributed by atoms with van der Waals surface area (Å²) in [6.07, 6.45) is 1.64. The number of thiophene rings is 1. The van der Waals surface area contributed by atoms with Gasteiger partial charge in [0, 0.05) is 6.20 Å². The number of hydrogen-bond acceptors (Lipinski definition) is 6. The van der Waals surface area contributed by atoms with Crippen molar-refractivity contribution in [3.8, 4) is 0 Å². The maximum absolute atomic E-state index is 12.6. The fraction of sp³-hybridized carbons (Fsp3) is 0.294. The van der Waals surface area contributed by atoms with Crippen LogP contribution < -0.4 is 10.9 Å². The number of nitrogens with zero attached hydrogens (tertiary/aromatic N) is 3. The van der Waals surface area contributed by atoms with Crippen LogP contribution >= 0.6 is 11.3 Å². The van der Waals surface area contributed by atoms with E-state index in [4.69, 9.17) is 0 Å². The normalized spacial score (nSPS) is 11.2. The first-order valence-corrected chi connectivity index (χ1v) is 8.58. The monoisotopic (exact) mass is 357 g/mol. The lowest BCUT2D eigenvalue weighted by atomic mass is 10.2. The Bertz CT molecular complexity index is 1010. The van der Waals surface area contributed by atoms with Gasteiger partial charge in [0.1, 0.15) is 16.5 Å². The summed E-state index contributed by atoms with van der Waals surface area (Å²) in [5.41, 5.74) is 1.42. The third-order valence-corrected chi connectivity index (χ3v) is 4.86. The van der Waals surface area contributed by atoms with Gasteiger partial charge in [-0.3, -0.25) is 9.59 Å². The van der Waals surface area contributed by atoms with E-state index in [1.165, 1.54) is 11.3 Å². The van der Waals surface area contributed by atoms with Crippen molar-refractivity contribution in [2.24, 2.45) is 0 Å². The van der Waals surface area contributed by atoms with E-state index in [9.17, 15) is 9.59 Å². The largest absolute Gasteiger partial charge is 0.309 e. The summed E-state index contributed by atoms with van der Waals surface area (Å²) in [5, 5.41) is 3.25. The predicted molar refractivity (Wildman–Crippen MR) is 99.3 cm³/mol. The molecule has 0 bridgehead atoms. The molecule has 3 heterocycles. The average Bonchev–Trinajstić information content (AvgIpc) is 2.84. The van der Waals surface area contributed by atoms with Gasteiger partial charge in [0.05, 0.1) is 16.8 Å². The Morgan fingerprint density at radius 2 is 2.12 bits per heavy atom. The molecular weight excluding hydrogens is 338 g/mol. The minimum atomic E-state index is -0.285. The minimum Gasteiger partial charge on any atom is -0.309 e. The molecule has 0 aromatic carbocycles. The van der Waals surface area contributed by atoms with Gasteiger partial charge in [0.2, 0.25) is 0 Å². The fourth-order valence-corrected chi connectivity index (χ4v) is 3.65. The SMILES string of the molecule is Cc1ccnc(NC(=O)c2sc3nc(CN(C)C)[nH]c(=O)c3c2C)c1. The zero-order chi connectivity index (χ0) is 18.1. The van der Waals surface area contributed by atoms with Gasteiger partial charge in [0.15, 0.2) is 0 Å². The molecule has 0 aliphatic heterocycles. The van der Waals surface area contributed by atoms with Crippen LogP contribution in [0.15, 0.2) is 23.1 Å². The molecule has 0 saturated carbocycles. The highest BCUT2D eigenvalue weighted by Crippen LogP contribution is 2.27. The number of H-pyrrole nitrogens is 1. The van der Waals surface area contributed by atoms with Gasteiger partial charge >= 0.3 is 0 Å². The fourth-order valence-electron chi connectivity index (χ4n) is 2.56. The number of aryl methyl sites for hydroxylation is 2. The molecule has 7 nitrogen and oxygen atoms in total. The number of aromatic amines is 1. The van der Waals surface area contributed by atoms with Gasteiger partial charge in [0.25, 0.3) is 11.5 Å². The summed E-state index contributed by atoms with van der Waals surface area (Å²) in [7, 11) is 3.80. The lowest BCUT2D eigenvalue weighted by Crippen LogP contribution is -2.18. The van der Waals surface area contributed by atoms with Crippen molar-refractivity contribution in [2.75, 3.05) is 19.4 Å². The van der Waals surface area contributed by atoms with Crippen molar-refractivity contribution < 1.29 is 4.79 Å². The number of nitrogens with one attached hydrogen (secondary N) is 2. The first-order chi connectivity index (χ1) is 11.8. The molecule has 8 heteroatoms. The highest BCUT2D eigenvalue weighted by atomic mass is 32.1. The van der Waals surface area contributed by atoms with Crippen LogP contribution in [-0.4, -0.2) is 39.9 Å². The number of rotatable bonds is 4. The molecule has 0 radical (unpaired) electrons. The molecule has 1 amide bonds. The second-order valence-corrected chi connectivity index (χ2v) is 7.16.